The number of likely N-dealkylation sites (N-methyl/N-ethyl adjacent to an activating group) is 1. The molecule has 0 aliphatic heterocycles. The lowest BCUT2D eigenvalue weighted by atomic mass is 10.1. The number of benzene rings is 1. The van der Waals surface area contributed by atoms with Crippen LogP contribution in [0.2, 0.25) is 0 Å². The van der Waals surface area contributed by atoms with Crippen molar-refractivity contribution in [3.63, 3.8) is 0 Å². The number of hydrazone groups is 1. The zero-order valence-corrected chi connectivity index (χ0v) is 15.0. The summed E-state index contributed by atoms with van der Waals surface area (Å²) in [5.41, 5.74) is 3.18. The van der Waals surface area contributed by atoms with Crippen LogP contribution in [0.25, 0.3) is 0 Å². The van der Waals surface area contributed by atoms with E-state index in [0.717, 1.165) is 17.8 Å². The number of anilines is 1. The number of halogens is 3. The molecule has 1 heterocycles. The lowest BCUT2D eigenvalue weighted by Crippen LogP contribution is -2.27. The first kappa shape index (κ1) is 20.2. The van der Waals surface area contributed by atoms with Crippen molar-refractivity contribution in [1.29, 1.82) is 0 Å². The van der Waals surface area contributed by atoms with E-state index in [1.165, 1.54) is 11.0 Å². The molecule has 0 atom stereocenters. The summed E-state index contributed by atoms with van der Waals surface area (Å²) < 4.78 is 42.9. The van der Waals surface area contributed by atoms with Crippen molar-refractivity contribution in [3.05, 3.63) is 53.7 Å². The fourth-order valence-corrected chi connectivity index (χ4v) is 1.90. The standard InChI is InChI=1S/C18H19F3N4O2/c1-12(23-24-16-9-6-14(10-22-16)18(19,20)21)13-4-7-15(8-5-13)27-11-17(26)25(2)3/h4-10H,11H2,1-3H3,(H,22,24). The Morgan fingerprint density at radius 1 is 1.19 bits per heavy atom. The van der Waals surface area contributed by atoms with Gasteiger partial charge in [0.05, 0.1) is 11.3 Å². The molecule has 0 fully saturated rings. The summed E-state index contributed by atoms with van der Waals surface area (Å²) in [5.74, 6) is 0.591. The molecule has 6 nitrogen and oxygen atoms in total. The predicted octanol–water partition coefficient (Wildman–Crippen LogP) is 3.40. The lowest BCUT2D eigenvalue weighted by molar-refractivity contribution is -0.137. The van der Waals surface area contributed by atoms with Crippen molar-refractivity contribution in [2.24, 2.45) is 5.10 Å². The number of carbonyl (C=O) groups is 1. The van der Waals surface area contributed by atoms with E-state index < -0.39 is 11.7 Å². The Bertz CT molecular complexity index is 801. The van der Waals surface area contributed by atoms with Gasteiger partial charge in [-0.3, -0.25) is 10.2 Å². The van der Waals surface area contributed by atoms with Crippen LogP contribution in [0.4, 0.5) is 19.0 Å². The molecule has 144 valence electrons. The Morgan fingerprint density at radius 3 is 2.37 bits per heavy atom. The summed E-state index contributed by atoms with van der Waals surface area (Å²) in [6, 6.07) is 9.06. The van der Waals surface area contributed by atoms with Crippen LogP contribution in [0.15, 0.2) is 47.7 Å². The predicted molar refractivity (Wildman–Crippen MR) is 95.7 cm³/mol. The van der Waals surface area contributed by atoms with Crippen molar-refractivity contribution in [2.75, 3.05) is 26.1 Å². The molecular formula is C18H19F3N4O2. The van der Waals surface area contributed by atoms with E-state index in [-0.39, 0.29) is 18.3 Å². The van der Waals surface area contributed by atoms with Crippen molar-refractivity contribution in [1.82, 2.24) is 9.88 Å². The number of hydrogen-bond acceptors (Lipinski definition) is 5. The van der Waals surface area contributed by atoms with Crippen LogP contribution < -0.4 is 10.2 Å². The van der Waals surface area contributed by atoms with Crippen LogP contribution in [-0.4, -0.2) is 42.2 Å². The SMILES string of the molecule is CC(=NNc1ccc(C(F)(F)F)cn1)c1ccc(OCC(=O)N(C)C)cc1. The average molecular weight is 380 g/mol. The van der Waals surface area contributed by atoms with Gasteiger partial charge in [0.1, 0.15) is 11.6 Å². The average Bonchev–Trinajstić information content (AvgIpc) is 2.64. The van der Waals surface area contributed by atoms with Gasteiger partial charge in [0.2, 0.25) is 0 Å². The Balaban J connectivity index is 1.96. The number of carbonyl (C=O) groups excluding carboxylic acids is 1. The van der Waals surface area contributed by atoms with E-state index in [1.54, 1.807) is 45.3 Å². The largest absolute Gasteiger partial charge is 0.484 e. The van der Waals surface area contributed by atoms with Gasteiger partial charge >= 0.3 is 6.18 Å². The maximum absolute atomic E-state index is 12.5. The third-order valence-electron chi connectivity index (χ3n) is 3.56. The molecule has 2 aromatic rings. The van der Waals surface area contributed by atoms with Crippen LogP contribution in [0, 0.1) is 0 Å². The fourth-order valence-electron chi connectivity index (χ4n) is 1.90. The molecular weight excluding hydrogens is 361 g/mol. The first-order chi connectivity index (χ1) is 12.7. The van der Waals surface area contributed by atoms with Crippen LogP contribution >= 0.6 is 0 Å². The van der Waals surface area contributed by atoms with E-state index in [0.29, 0.717) is 11.5 Å². The van der Waals surface area contributed by atoms with Gasteiger partial charge in [-0.05, 0) is 48.9 Å². The highest BCUT2D eigenvalue weighted by Crippen LogP contribution is 2.28. The highest BCUT2D eigenvalue weighted by molar-refractivity contribution is 5.99. The number of alkyl halides is 3. The van der Waals surface area contributed by atoms with E-state index in [2.05, 4.69) is 15.5 Å². The van der Waals surface area contributed by atoms with Crippen LogP contribution in [0.3, 0.4) is 0 Å². The summed E-state index contributed by atoms with van der Waals surface area (Å²) in [6.45, 7) is 1.68. The minimum Gasteiger partial charge on any atom is -0.484 e. The van der Waals surface area contributed by atoms with Crippen molar-refractivity contribution >= 4 is 17.4 Å². The number of nitrogens with one attached hydrogen (secondary N) is 1. The summed E-state index contributed by atoms with van der Waals surface area (Å²) in [4.78, 5) is 16.6. The molecule has 0 unspecified atom stereocenters. The molecule has 1 amide bonds. The van der Waals surface area contributed by atoms with Gasteiger partial charge in [-0.1, -0.05) is 0 Å². The number of rotatable bonds is 6. The molecule has 27 heavy (non-hydrogen) atoms. The number of amides is 1. The number of ether oxygens (including phenoxy) is 1. The Kier molecular flexibility index (Phi) is 6.38. The number of hydrogen-bond donors (Lipinski definition) is 1. The Labute approximate surface area is 154 Å². The normalized spacial score (nSPS) is 11.9. The molecule has 1 aromatic carbocycles. The number of aromatic nitrogens is 1. The quantitative estimate of drug-likeness (QED) is 0.616. The molecule has 0 saturated heterocycles. The van der Waals surface area contributed by atoms with Gasteiger partial charge in [-0.2, -0.15) is 18.3 Å². The van der Waals surface area contributed by atoms with E-state index in [9.17, 15) is 18.0 Å². The minimum atomic E-state index is -4.42. The summed E-state index contributed by atoms with van der Waals surface area (Å²) in [5, 5.41) is 4.10. The van der Waals surface area contributed by atoms with Gasteiger partial charge in [0, 0.05) is 20.3 Å². The van der Waals surface area contributed by atoms with Crippen LogP contribution in [0.5, 0.6) is 5.75 Å². The second-order valence-electron chi connectivity index (χ2n) is 5.84. The smallest absolute Gasteiger partial charge is 0.417 e. The van der Waals surface area contributed by atoms with E-state index in [1.807, 2.05) is 0 Å². The lowest BCUT2D eigenvalue weighted by Gasteiger charge is -2.11. The van der Waals surface area contributed by atoms with Gasteiger partial charge in [-0.15, -0.1) is 0 Å². The molecule has 0 aliphatic carbocycles. The van der Waals surface area contributed by atoms with E-state index >= 15 is 0 Å². The van der Waals surface area contributed by atoms with Crippen LogP contribution in [0.1, 0.15) is 18.1 Å². The number of pyridine rings is 1. The first-order valence-corrected chi connectivity index (χ1v) is 7.94. The van der Waals surface area contributed by atoms with Crippen LogP contribution in [-0.2, 0) is 11.0 Å². The Hall–Kier alpha value is -3.10. The highest BCUT2D eigenvalue weighted by atomic mass is 19.4. The third-order valence-corrected chi connectivity index (χ3v) is 3.56. The molecule has 0 aliphatic rings. The Morgan fingerprint density at radius 2 is 1.85 bits per heavy atom. The number of nitrogens with zero attached hydrogens (tertiary/aromatic N) is 3. The zero-order chi connectivity index (χ0) is 20.0. The van der Waals surface area contributed by atoms with Crippen molar-refractivity contribution < 1.29 is 22.7 Å². The molecule has 2 rings (SSSR count). The maximum atomic E-state index is 12.5. The van der Waals surface area contributed by atoms with Gasteiger partial charge in [0.15, 0.2) is 6.61 Å². The summed E-state index contributed by atoms with van der Waals surface area (Å²) >= 11 is 0. The van der Waals surface area contributed by atoms with Gasteiger partial charge < -0.3 is 9.64 Å². The topological polar surface area (TPSA) is 66.8 Å². The summed E-state index contributed by atoms with van der Waals surface area (Å²) in [6.07, 6.45) is -3.68. The summed E-state index contributed by atoms with van der Waals surface area (Å²) in [7, 11) is 3.29. The van der Waals surface area contributed by atoms with Gasteiger partial charge in [-0.25, -0.2) is 4.98 Å². The minimum absolute atomic E-state index is 0.0550. The second kappa shape index (κ2) is 8.52. The third kappa shape index (κ3) is 5.98. The zero-order valence-electron chi connectivity index (χ0n) is 15.0. The molecule has 0 bridgehead atoms. The molecule has 9 heteroatoms. The fraction of sp³-hybridized carbons (Fsp3) is 0.278. The van der Waals surface area contributed by atoms with Crippen molar-refractivity contribution in [2.45, 2.75) is 13.1 Å². The second-order valence-corrected chi connectivity index (χ2v) is 5.84. The molecule has 0 spiro atoms. The molecule has 1 aromatic heterocycles. The monoisotopic (exact) mass is 380 g/mol. The molecule has 0 radical (unpaired) electrons. The van der Waals surface area contributed by atoms with E-state index in [4.69, 9.17) is 4.74 Å². The maximum Gasteiger partial charge on any atom is 0.417 e. The molecule has 1 N–H and O–H groups in total. The van der Waals surface area contributed by atoms with Gasteiger partial charge in [0.25, 0.3) is 5.91 Å². The van der Waals surface area contributed by atoms with Crippen molar-refractivity contribution in [3.8, 4) is 5.75 Å². The molecule has 0 saturated carbocycles. The first-order valence-electron chi connectivity index (χ1n) is 7.94. The highest BCUT2D eigenvalue weighted by Gasteiger charge is 2.30.